The predicted molar refractivity (Wildman–Crippen MR) is 134 cm³/mol. The fourth-order valence-electron chi connectivity index (χ4n) is 3.78. The Morgan fingerprint density at radius 2 is 2.11 bits per heavy atom. The van der Waals surface area contributed by atoms with Gasteiger partial charge >= 0.3 is 12.1 Å². The number of carboxylic acid groups (broad SMARTS) is 1. The lowest BCUT2D eigenvalue weighted by atomic mass is 10.1. The molecule has 2 unspecified atom stereocenters. The Bertz CT molecular complexity index is 1300. The van der Waals surface area contributed by atoms with E-state index in [-0.39, 0.29) is 29.6 Å². The standard InChI is InChI=1S/C24H30F2N6O6/c1-3-4-8-38-24(37)31-17(22(35)36)11-29-21(34)15-12-32(2)19-13(20(15)33)9-16(25)14(18(19)26)10-30-23-27-6-5-7-28-23/h6,9,12,17,23,28,30H,3-5,7-8,10-11H2,1-2H3,(H,29,34)(H,31,37)(H,35,36). The number of hydrogen-bond acceptors (Lipinski definition) is 8. The molecule has 3 rings (SSSR count). The Hall–Kier alpha value is -3.91. The van der Waals surface area contributed by atoms with Crippen molar-refractivity contribution >= 4 is 35.1 Å². The van der Waals surface area contributed by atoms with Gasteiger partial charge in [-0.2, -0.15) is 0 Å². The summed E-state index contributed by atoms with van der Waals surface area (Å²) < 4.78 is 36.2. The third-order valence-electron chi connectivity index (χ3n) is 5.82. The molecule has 1 aliphatic heterocycles. The van der Waals surface area contributed by atoms with Crippen LogP contribution in [0.4, 0.5) is 13.6 Å². The lowest BCUT2D eigenvalue weighted by Gasteiger charge is -2.20. The zero-order chi connectivity index (χ0) is 27.8. The molecule has 14 heteroatoms. The van der Waals surface area contributed by atoms with E-state index in [1.807, 2.05) is 6.92 Å². The number of halogens is 2. The van der Waals surface area contributed by atoms with Crippen molar-refractivity contribution in [2.45, 2.75) is 45.1 Å². The average Bonchev–Trinajstić information content (AvgIpc) is 2.88. The van der Waals surface area contributed by atoms with Gasteiger partial charge in [0, 0.05) is 44.7 Å². The summed E-state index contributed by atoms with van der Waals surface area (Å²) in [6.45, 7) is 1.88. The molecule has 1 aliphatic rings. The van der Waals surface area contributed by atoms with Gasteiger partial charge in [0.15, 0.2) is 12.1 Å². The van der Waals surface area contributed by atoms with Crippen LogP contribution in [0.2, 0.25) is 0 Å². The first-order valence-electron chi connectivity index (χ1n) is 12.1. The zero-order valence-corrected chi connectivity index (χ0v) is 21.0. The Balaban J connectivity index is 1.78. The summed E-state index contributed by atoms with van der Waals surface area (Å²) in [5, 5.41) is 19.3. The number of nitrogens with one attached hydrogen (secondary N) is 4. The maximum absolute atomic E-state index is 15.3. The SMILES string of the molecule is CCCCOC(=O)NC(CNC(=O)c1cn(C)c2c(F)c(CNC3N=CCCN3)c(F)cc2c1=O)C(=O)O. The fourth-order valence-corrected chi connectivity index (χ4v) is 3.78. The van der Waals surface area contributed by atoms with Crippen LogP contribution in [0.15, 0.2) is 22.1 Å². The highest BCUT2D eigenvalue weighted by molar-refractivity contribution is 5.97. The second-order valence-corrected chi connectivity index (χ2v) is 8.62. The molecule has 0 spiro atoms. The number of aryl methyl sites for hydroxylation is 1. The van der Waals surface area contributed by atoms with E-state index in [1.165, 1.54) is 11.6 Å². The lowest BCUT2D eigenvalue weighted by Crippen LogP contribution is -2.49. The highest BCUT2D eigenvalue weighted by atomic mass is 19.1. The molecular formula is C24H30F2N6O6. The number of benzene rings is 1. The van der Waals surface area contributed by atoms with Crippen LogP contribution in [0.1, 0.15) is 42.1 Å². The third kappa shape index (κ3) is 6.89. The number of aliphatic carboxylic acids is 1. The number of aliphatic imine (C=N–C) groups is 1. The number of amides is 2. The Morgan fingerprint density at radius 3 is 2.76 bits per heavy atom. The molecule has 2 aromatic rings. The van der Waals surface area contributed by atoms with Gasteiger partial charge in [0.25, 0.3) is 5.91 Å². The molecule has 0 radical (unpaired) electrons. The molecule has 2 amide bonds. The minimum atomic E-state index is -1.54. The fraction of sp³-hybridized carbons (Fsp3) is 0.458. The highest BCUT2D eigenvalue weighted by Crippen LogP contribution is 2.22. The normalized spacial score (nSPS) is 15.7. The molecule has 1 aromatic carbocycles. The van der Waals surface area contributed by atoms with Gasteiger partial charge in [0.05, 0.1) is 17.5 Å². The summed E-state index contributed by atoms with van der Waals surface area (Å²) in [7, 11) is 1.39. The number of unbranched alkanes of at least 4 members (excludes halogenated alkanes) is 1. The second kappa shape index (κ2) is 13.1. The molecule has 2 atom stereocenters. The van der Waals surface area contributed by atoms with E-state index in [0.717, 1.165) is 25.1 Å². The predicted octanol–water partition coefficient (Wildman–Crippen LogP) is 0.963. The van der Waals surface area contributed by atoms with Gasteiger partial charge in [-0.25, -0.2) is 18.4 Å². The van der Waals surface area contributed by atoms with Gasteiger partial charge in [0.2, 0.25) is 5.43 Å². The van der Waals surface area contributed by atoms with Crippen molar-refractivity contribution in [2.75, 3.05) is 19.7 Å². The minimum absolute atomic E-state index is 0.102. The zero-order valence-electron chi connectivity index (χ0n) is 21.0. The number of pyridine rings is 1. The summed E-state index contributed by atoms with van der Waals surface area (Å²) in [6.07, 6.45) is 3.41. The second-order valence-electron chi connectivity index (χ2n) is 8.62. The van der Waals surface area contributed by atoms with Crippen molar-refractivity contribution in [3.63, 3.8) is 0 Å². The van der Waals surface area contributed by atoms with Crippen LogP contribution in [-0.2, 0) is 23.1 Å². The number of hydrogen-bond donors (Lipinski definition) is 5. The molecule has 1 aromatic heterocycles. The molecule has 5 N–H and O–H groups in total. The topological polar surface area (TPSA) is 163 Å². The van der Waals surface area contributed by atoms with Gasteiger partial charge in [-0.05, 0) is 18.9 Å². The van der Waals surface area contributed by atoms with Crippen molar-refractivity contribution < 1.29 is 33.0 Å². The van der Waals surface area contributed by atoms with Crippen LogP contribution in [0.25, 0.3) is 10.9 Å². The monoisotopic (exact) mass is 536 g/mol. The minimum Gasteiger partial charge on any atom is -0.480 e. The maximum atomic E-state index is 15.3. The first-order chi connectivity index (χ1) is 18.1. The Morgan fingerprint density at radius 1 is 1.34 bits per heavy atom. The van der Waals surface area contributed by atoms with Gasteiger partial charge in [-0.3, -0.25) is 25.2 Å². The molecule has 0 saturated carbocycles. The maximum Gasteiger partial charge on any atom is 0.407 e. The molecule has 0 fully saturated rings. The summed E-state index contributed by atoms with van der Waals surface area (Å²) in [5.41, 5.74) is -1.90. The van der Waals surface area contributed by atoms with E-state index >= 15 is 4.39 Å². The molecule has 2 heterocycles. The number of carboxylic acids is 1. The van der Waals surface area contributed by atoms with Crippen LogP contribution in [0.3, 0.4) is 0 Å². The molecule has 38 heavy (non-hydrogen) atoms. The van der Waals surface area contributed by atoms with Crippen LogP contribution in [0.5, 0.6) is 0 Å². The third-order valence-corrected chi connectivity index (χ3v) is 5.82. The number of nitrogens with zero attached hydrogens (tertiary/aromatic N) is 2. The van der Waals surface area contributed by atoms with Crippen molar-refractivity contribution in [3.05, 3.63) is 45.2 Å². The van der Waals surface area contributed by atoms with E-state index in [0.29, 0.717) is 13.0 Å². The average molecular weight is 537 g/mol. The molecule has 0 saturated heterocycles. The van der Waals surface area contributed by atoms with E-state index < -0.39 is 59.5 Å². The van der Waals surface area contributed by atoms with Gasteiger partial charge in [0.1, 0.15) is 17.4 Å². The number of fused-ring (bicyclic) bond motifs is 1. The van der Waals surface area contributed by atoms with Crippen molar-refractivity contribution in [3.8, 4) is 0 Å². The highest BCUT2D eigenvalue weighted by Gasteiger charge is 2.25. The first-order valence-corrected chi connectivity index (χ1v) is 12.1. The summed E-state index contributed by atoms with van der Waals surface area (Å²) in [4.78, 5) is 53.1. The van der Waals surface area contributed by atoms with Crippen molar-refractivity contribution in [2.24, 2.45) is 12.0 Å². The molecule has 0 bridgehead atoms. The van der Waals surface area contributed by atoms with Crippen molar-refractivity contribution in [1.82, 2.24) is 25.8 Å². The lowest BCUT2D eigenvalue weighted by molar-refractivity contribution is -0.139. The quantitative estimate of drug-likeness (QED) is 0.265. The molecule has 12 nitrogen and oxygen atoms in total. The van der Waals surface area contributed by atoms with Crippen molar-refractivity contribution in [1.29, 1.82) is 0 Å². The Kier molecular flexibility index (Phi) is 9.85. The number of aromatic nitrogens is 1. The summed E-state index contributed by atoms with van der Waals surface area (Å²) in [6, 6.07) is -0.676. The number of alkyl carbamates (subject to hydrolysis) is 1. The van der Waals surface area contributed by atoms with Crippen LogP contribution in [0, 0.1) is 11.6 Å². The number of ether oxygens (including phenoxy) is 1. The largest absolute Gasteiger partial charge is 0.480 e. The van der Waals surface area contributed by atoms with E-state index in [4.69, 9.17) is 4.74 Å². The van der Waals surface area contributed by atoms with Gasteiger partial charge in [-0.15, -0.1) is 0 Å². The first kappa shape index (κ1) is 28.7. The Labute approximate surface area is 216 Å². The number of rotatable bonds is 11. The van der Waals surface area contributed by atoms with E-state index in [1.54, 1.807) is 6.21 Å². The smallest absolute Gasteiger partial charge is 0.407 e. The van der Waals surface area contributed by atoms with Gasteiger partial charge < -0.3 is 25.0 Å². The molecule has 206 valence electrons. The van der Waals surface area contributed by atoms with Gasteiger partial charge in [-0.1, -0.05) is 13.3 Å². The molecular weight excluding hydrogens is 506 g/mol. The molecule has 0 aliphatic carbocycles. The van der Waals surface area contributed by atoms with E-state index in [9.17, 15) is 28.7 Å². The van der Waals surface area contributed by atoms with Crippen LogP contribution >= 0.6 is 0 Å². The van der Waals surface area contributed by atoms with Crippen LogP contribution < -0.4 is 26.7 Å². The number of carbonyl (C=O) groups excluding carboxylic acids is 2. The summed E-state index contributed by atoms with van der Waals surface area (Å²) in [5.74, 6) is -4.36. The van der Waals surface area contributed by atoms with E-state index in [2.05, 4.69) is 26.3 Å². The van der Waals surface area contributed by atoms with Crippen LogP contribution in [-0.4, -0.2) is 65.9 Å². The summed E-state index contributed by atoms with van der Waals surface area (Å²) >= 11 is 0. The number of carbonyl (C=O) groups is 3.